The van der Waals surface area contributed by atoms with E-state index in [1.165, 1.54) is 5.57 Å². The molecule has 0 radical (unpaired) electrons. The van der Waals surface area contributed by atoms with E-state index in [9.17, 15) is 9.59 Å². The van der Waals surface area contributed by atoms with Crippen LogP contribution in [0, 0.1) is 46.3 Å². The molecule has 3 nitrogen and oxygen atoms in total. The van der Waals surface area contributed by atoms with Gasteiger partial charge in [-0.15, -0.1) is 6.42 Å². The molecule has 0 aromatic heterocycles. The molecule has 4 rings (SSSR count). The summed E-state index contributed by atoms with van der Waals surface area (Å²) in [7, 11) is 0. The molecule has 0 spiro atoms. The molecule has 0 saturated heterocycles. The van der Waals surface area contributed by atoms with Gasteiger partial charge in [0.2, 0.25) is 0 Å². The van der Waals surface area contributed by atoms with Gasteiger partial charge in [0.15, 0.2) is 5.60 Å². The fourth-order valence-electron chi connectivity index (χ4n) is 7.35. The van der Waals surface area contributed by atoms with Crippen molar-refractivity contribution >= 4 is 11.8 Å². The van der Waals surface area contributed by atoms with Crippen LogP contribution in [0.5, 0.6) is 0 Å². The van der Waals surface area contributed by atoms with Gasteiger partial charge in [-0.05, 0) is 82.0 Å². The van der Waals surface area contributed by atoms with Gasteiger partial charge < -0.3 is 4.74 Å². The molecule has 3 heteroatoms. The molecular weight excluding hydrogens is 372 g/mol. The first kappa shape index (κ1) is 21.7. The number of hydrogen-bond acceptors (Lipinski definition) is 3. The molecule has 3 saturated carbocycles. The van der Waals surface area contributed by atoms with E-state index in [2.05, 4.69) is 25.8 Å². The van der Waals surface area contributed by atoms with Crippen LogP contribution in [-0.4, -0.2) is 17.4 Å². The molecule has 0 heterocycles. The first-order chi connectivity index (χ1) is 14.0. The second-order valence-electron chi connectivity index (χ2n) is 11.6. The number of fused-ring (bicyclic) bond motifs is 5. The number of esters is 1. The molecule has 6 unspecified atom stereocenters. The Hall–Kier alpha value is -1.56. The summed E-state index contributed by atoms with van der Waals surface area (Å²) in [6, 6.07) is 0. The van der Waals surface area contributed by atoms with Crippen molar-refractivity contribution in [1.82, 2.24) is 0 Å². The Morgan fingerprint density at radius 1 is 1.23 bits per heavy atom. The van der Waals surface area contributed by atoms with Gasteiger partial charge in [-0.25, -0.2) is 0 Å². The molecule has 0 aliphatic heterocycles. The minimum atomic E-state index is -0.792. The molecule has 4 aliphatic rings. The summed E-state index contributed by atoms with van der Waals surface area (Å²) in [5.41, 5.74) is 0.0650. The molecule has 3 fully saturated rings. The molecule has 6 atom stereocenters. The number of terminal acetylenes is 1. The van der Waals surface area contributed by atoms with E-state index >= 15 is 0 Å². The number of Topliss-reactive ketones (excluding diaryl/α,β-unsaturated/α-hetero) is 1. The van der Waals surface area contributed by atoms with Crippen LogP contribution < -0.4 is 0 Å². The number of hydrogen-bond donors (Lipinski definition) is 0. The highest BCUT2D eigenvalue weighted by molar-refractivity contribution is 5.82. The zero-order valence-corrected chi connectivity index (χ0v) is 19.5. The van der Waals surface area contributed by atoms with Crippen molar-refractivity contribution in [2.75, 3.05) is 0 Å². The van der Waals surface area contributed by atoms with E-state index in [0.717, 1.165) is 51.4 Å². The summed E-state index contributed by atoms with van der Waals surface area (Å²) < 4.78 is 6.27. The number of rotatable bonds is 3. The maximum absolute atomic E-state index is 13.0. The maximum Gasteiger partial charge on any atom is 0.313 e. The number of ketones is 1. The van der Waals surface area contributed by atoms with Gasteiger partial charge in [0.05, 0.1) is 5.41 Å². The lowest BCUT2D eigenvalue weighted by Gasteiger charge is -2.58. The van der Waals surface area contributed by atoms with Crippen molar-refractivity contribution in [2.24, 2.45) is 34.0 Å². The topological polar surface area (TPSA) is 43.4 Å². The van der Waals surface area contributed by atoms with Gasteiger partial charge in [-0.2, -0.15) is 0 Å². The number of allylic oxidation sites excluding steroid dienone is 2. The lowest BCUT2D eigenvalue weighted by atomic mass is 9.47. The summed E-state index contributed by atoms with van der Waals surface area (Å²) >= 11 is 0. The minimum absolute atomic E-state index is 0.153. The Morgan fingerprint density at radius 2 is 1.93 bits per heavy atom. The second kappa shape index (κ2) is 6.98. The van der Waals surface area contributed by atoms with E-state index in [0.29, 0.717) is 30.0 Å². The number of carbonyl (C=O) groups excluding carboxylic acids is 2. The lowest BCUT2D eigenvalue weighted by molar-refractivity contribution is -0.181. The SMILES string of the molecule is C#CC1(OC(=O)C(C)(C)CC)CCC2C3CC=C4CC(=O)CCC4(C)C3CCC21C. The Kier molecular flexibility index (Phi) is 5.04. The van der Waals surface area contributed by atoms with Crippen LogP contribution in [0.2, 0.25) is 0 Å². The average Bonchev–Trinajstić information content (AvgIpc) is 3.01. The second-order valence-corrected chi connectivity index (χ2v) is 11.6. The fraction of sp³-hybridized carbons (Fsp3) is 0.778. The normalized spacial score (nSPS) is 43.0. The van der Waals surface area contributed by atoms with Gasteiger partial charge in [-0.3, -0.25) is 9.59 Å². The van der Waals surface area contributed by atoms with E-state index < -0.39 is 11.0 Å². The van der Waals surface area contributed by atoms with Crippen LogP contribution in [0.3, 0.4) is 0 Å². The Bertz CT molecular complexity index is 830. The third-order valence-corrected chi connectivity index (χ3v) is 9.99. The van der Waals surface area contributed by atoms with Crippen molar-refractivity contribution in [1.29, 1.82) is 0 Å². The largest absolute Gasteiger partial charge is 0.445 e. The first-order valence-corrected chi connectivity index (χ1v) is 12.0. The predicted octanol–water partition coefficient (Wildman–Crippen LogP) is 5.87. The molecule has 0 aromatic carbocycles. The summed E-state index contributed by atoms with van der Waals surface area (Å²) in [6.07, 6.45) is 16.6. The van der Waals surface area contributed by atoms with E-state index in [4.69, 9.17) is 11.2 Å². The Labute approximate surface area is 182 Å². The quantitative estimate of drug-likeness (QED) is 0.332. The lowest BCUT2D eigenvalue weighted by Crippen LogP contribution is -2.56. The fourth-order valence-corrected chi connectivity index (χ4v) is 7.35. The summed E-state index contributed by atoms with van der Waals surface area (Å²) in [6.45, 7) is 10.6. The third-order valence-electron chi connectivity index (χ3n) is 9.99. The zero-order valence-electron chi connectivity index (χ0n) is 19.5. The molecule has 0 bridgehead atoms. The van der Waals surface area contributed by atoms with Gasteiger partial charge >= 0.3 is 5.97 Å². The molecule has 164 valence electrons. The van der Waals surface area contributed by atoms with E-state index in [1.807, 2.05) is 20.8 Å². The number of ether oxygens (including phenoxy) is 1. The van der Waals surface area contributed by atoms with E-state index in [-0.39, 0.29) is 16.8 Å². The van der Waals surface area contributed by atoms with Crippen molar-refractivity contribution in [3.8, 4) is 12.3 Å². The third kappa shape index (κ3) is 2.85. The zero-order chi connectivity index (χ0) is 21.9. The minimum Gasteiger partial charge on any atom is -0.445 e. The van der Waals surface area contributed by atoms with Crippen molar-refractivity contribution in [3.63, 3.8) is 0 Å². The monoisotopic (exact) mass is 410 g/mol. The van der Waals surface area contributed by atoms with Crippen LogP contribution in [-0.2, 0) is 14.3 Å². The standard InChI is InChI=1S/C27H38O3/c1-7-24(3,4)23(29)30-27(8-2)16-13-22-20-10-9-18-17-19(28)11-14-25(18,5)21(20)12-15-26(22,27)6/h2,9,20-22H,7,10-17H2,1,3-6H3. The highest BCUT2D eigenvalue weighted by Crippen LogP contribution is 2.67. The highest BCUT2D eigenvalue weighted by Gasteiger charge is 2.65. The molecule has 0 aromatic rings. The predicted molar refractivity (Wildman–Crippen MR) is 118 cm³/mol. The van der Waals surface area contributed by atoms with Gasteiger partial charge in [0, 0.05) is 18.3 Å². The van der Waals surface area contributed by atoms with Crippen molar-refractivity contribution in [3.05, 3.63) is 11.6 Å². The van der Waals surface area contributed by atoms with Gasteiger partial charge in [0.1, 0.15) is 5.78 Å². The van der Waals surface area contributed by atoms with E-state index in [1.54, 1.807) is 0 Å². The molecule has 0 amide bonds. The molecule has 4 aliphatic carbocycles. The molecular formula is C27H38O3. The highest BCUT2D eigenvalue weighted by atomic mass is 16.6. The molecule has 0 N–H and O–H groups in total. The van der Waals surface area contributed by atoms with Crippen LogP contribution >= 0.6 is 0 Å². The summed E-state index contributed by atoms with van der Waals surface area (Å²) in [5.74, 6) is 4.90. The first-order valence-electron chi connectivity index (χ1n) is 12.0. The average molecular weight is 411 g/mol. The Morgan fingerprint density at radius 3 is 2.60 bits per heavy atom. The van der Waals surface area contributed by atoms with Crippen LogP contribution in [0.4, 0.5) is 0 Å². The Balaban J connectivity index is 1.65. The van der Waals surface area contributed by atoms with Gasteiger partial charge in [0.25, 0.3) is 0 Å². The summed E-state index contributed by atoms with van der Waals surface area (Å²) in [4.78, 5) is 25.1. The van der Waals surface area contributed by atoms with Crippen LogP contribution in [0.1, 0.15) is 92.4 Å². The maximum atomic E-state index is 13.0. The van der Waals surface area contributed by atoms with Crippen molar-refractivity contribution < 1.29 is 14.3 Å². The van der Waals surface area contributed by atoms with Crippen LogP contribution in [0.25, 0.3) is 0 Å². The van der Waals surface area contributed by atoms with Crippen molar-refractivity contribution in [2.45, 2.75) is 98.0 Å². The smallest absolute Gasteiger partial charge is 0.313 e. The van der Waals surface area contributed by atoms with Crippen LogP contribution in [0.15, 0.2) is 11.6 Å². The molecule has 30 heavy (non-hydrogen) atoms. The summed E-state index contributed by atoms with van der Waals surface area (Å²) in [5, 5.41) is 0. The van der Waals surface area contributed by atoms with Gasteiger partial charge in [-0.1, -0.05) is 38.3 Å². The number of carbonyl (C=O) groups is 2.